The van der Waals surface area contributed by atoms with E-state index in [1.54, 1.807) is 62.7 Å². The summed E-state index contributed by atoms with van der Waals surface area (Å²) in [6.45, 7) is 13.1. The van der Waals surface area contributed by atoms with Crippen LogP contribution in [0, 0.1) is 20.8 Å². The molecule has 18 heteroatoms. The van der Waals surface area contributed by atoms with Crippen molar-refractivity contribution in [2.45, 2.75) is 79.4 Å². The Kier molecular flexibility index (Phi) is 21.9. The monoisotopic (exact) mass is 1050 g/mol. The molecule has 0 radical (unpaired) electrons. The predicted molar refractivity (Wildman–Crippen MR) is 288 cm³/mol. The van der Waals surface area contributed by atoms with E-state index in [4.69, 9.17) is 23.7 Å². The molecule has 74 heavy (non-hydrogen) atoms. The highest BCUT2D eigenvalue weighted by atomic mass is 32.1. The molecule has 15 nitrogen and oxygen atoms in total. The molecule has 2 unspecified atom stereocenters. The number of aromatic amines is 1. The van der Waals surface area contributed by atoms with Crippen LogP contribution in [0.2, 0.25) is 0 Å². The Morgan fingerprint density at radius 3 is 1.61 bits per heavy atom. The van der Waals surface area contributed by atoms with Crippen molar-refractivity contribution in [1.82, 2.24) is 29.9 Å². The van der Waals surface area contributed by atoms with Crippen molar-refractivity contribution in [3.63, 3.8) is 0 Å². The van der Waals surface area contributed by atoms with Gasteiger partial charge >= 0.3 is 17.9 Å². The fourth-order valence-corrected chi connectivity index (χ4v) is 9.57. The molecule has 0 bridgehead atoms. The molecule has 0 saturated carbocycles. The van der Waals surface area contributed by atoms with Crippen LogP contribution in [-0.2, 0) is 41.8 Å². The molecule has 6 aromatic heterocycles. The zero-order valence-corrected chi connectivity index (χ0v) is 44.5. The van der Waals surface area contributed by atoms with Gasteiger partial charge in [0.05, 0.1) is 55.9 Å². The molecule has 0 aliphatic carbocycles. The van der Waals surface area contributed by atoms with Crippen LogP contribution in [0.5, 0.6) is 11.8 Å². The lowest BCUT2D eigenvalue weighted by Gasteiger charge is -2.14. The zero-order chi connectivity index (χ0) is 52.7. The molecule has 384 valence electrons. The Bertz CT molecular complexity index is 3120. The Balaban J connectivity index is 0.000000183. The first-order chi connectivity index (χ1) is 35.9. The van der Waals surface area contributed by atoms with Crippen LogP contribution in [-0.4, -0.2) is 67.6 Å². The van der Waals surface area contributed by atoms with Crippen molar-refractivity contribution in [3.8, 4) is 11.8 Å². The topological polar surface area (TPSA) is 195 Å². The second-order valence-electron chi connectivity index (χ2n) is 16.1. The first-order valence-corrected chi connectivity index (χ1v) is 26.3. The van der Waals surface area contributed by atoms with Crippen LogP contribution in [0.15, 0.2) is 145 Å². The number of nitrogens with one attached hydrogen (secondary N) is 1. The molecule has 1 N–H and O–H groups in total. The summed E-state index contributed by atoms with van der Waals surface area (Å²) in [5, 5.41) is 2.37. The fraction of sp³-hybridized carbons (Fsp3) is 0.268. The molecule has 0 fully saturated rings. The highest BCUT2D eigenvalue weighted by molar-refractivity contribution is 7.12. The van der Waals surface area contributed by atoms with Crippen LogP contribution < -0.4 is 15.0 Å². The normalized spacial score (nSPS) is 11.7. The van der Waals surface area contributed by atoms with E-state index in [9.17, 15) is 19.2 Å². The van der Waals surface area contributed by atoms with Gasteiger partial charge in [-0.1, -0.05) is 78.9 Å². The predicted octanol–water partition coefficient (Wildman–Crippen LogP) is 11.2. The quantitative estimate of drug-likeness (QED) is 0.0430. The number of hydrogen-bond acceptors (Lipinski definition) is 17. The van der Waals surface area contributed by atoms with Gasteiger partial charge in [0.15, 0.2) is 0 Å². The SMILES string of the molecule is CCOC(=O)/C=C(/c1cccc(OCc2ccccc2)n1)c1ncc(C)s1.CCOC(=O)CC(c1cccc(=O)[nH]1)c1ncc(C)s1.CCOC(=O)CC(c1cccc(OCc2ccccc2)n1)c1ncc(C)s1. The molecule has 0 aliphatic heterocycles. The molecule has 6 heterocycles. The zero-order valence-electron chi connectivity index (χ0n) is 42.0. The number of aromatic nitrogens is 6. The van der Waals surface area contributed by atoms with Gasteiger partial charge in [0.1, 0.15) is 28.2 Å². The lowest BCUT2D eigenvalue weighted by Crippen LogP contribution is -2.15. The Labute approximate surface area is 442 Å². The number of nitrogens with zero attached hydrogens (tertiary/aromatic N) is 5. The average Bonchev–Trinajstić information content (AvgIpc) is 4.17. The number of ether oxygens (including phenoxy) is 5. The van der Waals surface area contributed by atoms with Crippen molar-refractivity contribution >= 4 is 57.5 Å². The number of pyridine rings is 3. The first kappa shape index (κ1) is 55.6. The summed E-state index contributed by atoms with van der Waals surface area (Å²) in [5.41, 5.74) is 4.61. The van der Waals surface area contributed by atoms with Crippen molar-refractivity contribution in [1.29, 1.82) is 0 Å². The summed E-state index contributed by atoms with van der Waals surface area (Å²) in [6.07, 6.45) is 7.16. The summed E-state index contributed by atoms with van der Waals surface area (Å²) < 4.78 is 26.8. The van der Waals surface area contributed by atoms with Gasteiger partial charge in [-0.15, -0.1) is 34.0 Å². The number of rotatable bonds is 20. The standard InChI is InChI=1S/C21H22N2O3S.C21H20N2O3S.C14H16N2O3S/c2*1-3-25-20(24)12-17(21-22-13-15(2)27-21)18-10-7-11-19(23-18)26-14-16-8-5-4-6-9-16;1-3-19-13(18)7-10(14-15-8-9(2)20-14)11-5-4-6-12(17)16-11/h4-11,13,17H,3,12,14H2,1-2H3;4-13H,3,14H2,1-2H3;4-6,8,10H,3,7H2,1-2H3,(H,16,17)/b;17-12-;. The van der Waals surface area contributed by atoms with Gasteiger partial charge in [0.2, 0.25) is 17.3 Å². The summed E-state index contributed by atoms with van der Waals surface area (Å²) in [7, 11) is 0. The van der Waals surface area contributed by atoms with E-state index in [2.05, 4.69) is 29.9 Å². The van der Waals surface area contributed by atoms with E-state index in [1.807, 2.05) is 118 Å². The molecular weight excluding hydrogens is 997 g/mol. The minimum Gasteiger partial charge on any atom is -0.473 e. The second-order valence-corrected chi connectivity index (χ2v) is 19.9. The Hall–Kier alpha value is -7.67. The molecule has 8 aromatic rings. The molecule has 0 amide bonds. The van der Waals surface area contributed by atoms with Gasteiger partial charge in [0.25, 0.3) is 0 Å². The van der Waals surface area contributed by atoms with Crippen molar-refractivity contribution in [3.05, 3.63) is 208 Å². The van der Waals surface area contributed by atoms with E-state index in [0.717, 1.165) is 41.5 Å². The first-order valence-electron chi connectivity index (χ1n) is 23.8. The fourth-order valence-electron chi connectivity index (χ4n) is 7.00. The van der Waals surface area contributed by atoms with Gasteiger partial charge < -0.3 is 28.7 Å². The van der Waals surface area contributed by atoms with Gasteiger partial charge in [-0.2, -0.15) is 0 Å². The van der Waals surface area contributed by atoms with E-state index < -0.39 is 5.97 Å². The van der Waals surface area contributed by atoms with Gasteiger partial charge in [-0.3, -0.25) is 14.4 Å². The third kappa shape index (κ3) is 17.8. The Morgan fingerprint density at radius 2 is 1.08 bits per heavy atom. The number of carbonyl (C=O) groups excluding carboxylic acids is 3. The number of thiazole rings is 3. The van der Waals surface area contributed by atoms with Crippen LogP contribution in [0.4, 0.5) is 0 Å². The van der Waals surface area contributed by atoms with Gasteiger partial charge in [-0.25, -0.2) is 29.7 Å². The molecule has 2 atom stereocenters. The third-order valence-corrected chi connectivity index (χ3v) is 13.4. The molecule has 0 aliphatic rings. The highest BCUT2D eigenvalue weighted by Crippen LogP contribution is 2.33. The number of H-pyrrole nitrogens is 1. The minimum absolute atomic E-state index is 0.167. The number of esters is 3. The van der Waals surface area contributed by atoms with Crippen LogP contribution in [0.1, 0.15) is 103 Å². The molecule has 8 rings (SSSR count). The maximum atomic E-state index is 12.1. The number of hydrogen-bond donors (Lipinski definition) is 1. The van der Waals surface area contributed by atoms with Crippen LogP contribution in [0.3, 0.4) is 0 Å². The van der Waals surface area contributed by atoms with E-state index >= 15 is 0 Å². The van der Waals surface area contributed by atoms with Gasteiger partial charge in [0, 0.05) is 68.8 Å². The summed E-state index contributed by atoms with van der Waals surface area (Å²) in [4.78, 5) is 75.7. The Morgan fingerprint density at radius 1 is 0.568 bits per heavy atom. The van der Waals surface area contributed by atoms with Gasteiger partial charge in [-0.05, 0) is 70.9 Å². The molecule has 2 aromatic carbocycles. The second kappa shape index (κ2) is 29.1. The molecular formula is C56H58N6O9S3. The summed E-state index contributed by atoms with van der Waals surface area (Å²) >= 11 is 4.58. The van der Waals surface area contributed by atoms with Crippen molar-refractivity contribution < 1.29 is 38.1 Å². The van der Waals surface area contributed by atoms with E-state index in [-0.39, 0.29) is 42.2 Å². The molecule has 0 saturated heterocycles. The van der Waals surface area contributed by atoms with E-state index in [0.29, 0.717) is 66.8 Å². The van der Waals surface area contributed by atoms with Crippen LogP contribution >= 0.6 is 34.0 Å². The largest absolute Gasteiger partial charge is 0.473 e. The smallest absolute Gasteiger partial charge is 0.331 e. The summed E-state index contributed by atoms with van der Waals surface area (Å²) in [6, 6.07) is 35.8. The number of benzene rings is 2. The van der Waals surface area contributed by atoms with Crippen LogP contribution in [0.25, 0.3) is 5.57 Å². The third-order valence-electron chi connectivity index (χ3n) is 10.4. The lowest BCUT2D eigenvalue weighted by atomic mass is 10.0. The minimum atomic E-state index is -0.419. The molecule has 0 spiro atoms. The van der Waals surface area contributed by atoms with E-state index in [1.165, 1.54) is 34.8 Å². The lowest BCUT2D eigenvalue weighted by molar-refractivity contribution is -0.144. The maximum absolute atomic E-state index is 12.1. The number of aryl methyl sites for hydroxylation is 3. The highest BCUT2D eigenvalue weighted by Gasteiger charge is 2.25. The average molecular weight is 1060 g/mol. The number of carbonyl (C=O) groups is 3. The van der Waals surface area contributed by atoms with Crippen molar-refractivity contribution in [2.75, 3.05) is 19.8 Å². The maximum Gasteiger partial charge on any atom is 0.331 e. The van der Waals surface area contributed by atoms with Crippen molar-refractivity contribution in [2.24, 2.45) is 0 Å². The summed E-state index contributed by atoms with van der Waals surface area (Å²) in [5.74, 6) is -0.483.